The lowest BCUT2D eigenvalue weighted by molar-refractivity contribution is 0.145. The molecule has 1 fully saturated rings. The smallest absolute Gasteiger partial charge is 0.0263 e. The van der Waals surface area contributed by atoms with Gasteiger partial charge in [-0.05, 0) is 43.9 Å². The average Bonchev–Trinajstić information content (AvgIpc) is 2.83. The Hall–Kier alpha value is -0.180. The number of halogens is 1. The molecular weight excluding hydrogens is 274 g/mol. The van der Waals surface area contributed by atoms with Gasteiger partial charge in [0.25, 0.3) is 0 Å². The van der Waals surface area contributed by atoms with Crippen LogP contribution < -0.4 is 0 Å². The van der Waals surface area contributed by atoms with Crippen LogP contribution in [0.3, 0.4) is 0 Å². The first-order chi connectivity index (χ1) is 9.36. The summed E-state index contributed by atoms with van der Waals surface area (Å²) in [5.74, 6) is 0.805. The number of hydrogen-bond donors (Lipinski definition) is 0. The van der Waals surface area contributed by atoms with Crippen molar-refractivity contribution in [3.05, 3.63) is 29.8 Å². The van der Waals surface area contributed by atoms with Gasteiger partial charge in [0.2, 0.25) is 0 Å². The number of alkyl halides is 1. The van der Waals surface area contributed by atoms with Gasteiger partial charge in [0.05, 0.1) is 0 Å². The number of nitrogens with zero attached hydrogens (tertiary/aromatic N) is 1. The second-order valence-corrected chi connectivity index (χ2v) is 7.39. The molecule has 0 aromatic heterocycles. The largest absolute Gasteiger partial charge is 0.299 e. The Morgan fingerprint density at radius 1 is 1.26 bits per heavy atom. The average molecular weight is 296 g/mol. The molecule has 0 bridgehead atoms. The molecule has 2 atom stereocenters. The summed E-state index contributed by atoms with van der Waals surface area (Å²) in [5, 5.41) is 0.744. The predicted molar refractivity (Wildman–Crippen MR) is 84.3 cm³/mol. The zero-order valence-corrected chi connectivity index (χ0v) is 12.9. The van der Waals surface area contributed by atoms with E-state index in [0.717, 1.165) is 23.6 Å². The predicted octanol–water partition coefficient (Wildman–Crippen LogP) is 4.19. The molecule has 1 nitrogen and oxygen atoms in total. The molecule has 2 aliphatic rings. The topological polar surface area (TPSA) is 3.24 Å². The molecule has 0 aliphatic carbocycles. The molecule has 2 aliphatic heterocycles. The zero-order valence-electron chi connectivity index (χ0n) is 11.4. The number of hydrogen-bond acceptors (Lipinski definition) is 2. The van der Waals surface area contributed by atoms with Crippen molar-refractivity contribution in [2.24, 2.45) is 0 Å². The number of piperidine rings is 1. The van der Waals surface area contributed by atoms with Crippen LogP contribution in [0.25, 0.3) is 0 Å². The van der Waals surface area contributed by atoms with E-state index in [2.05, 4.69) is 40.9 Å². The number of benzene rings is 1. The molecule has 0 N–H and O–H groups in total. The lowest BCUT2D eigenvalue weighted by Gasteiger charge is -2.36. The van der Waals surface area contributed by atoms with Gasteiger partial charge in [-0.25, -0.2) is 0 Å². The standard InChI is InChI=1S/C16H22ClNS/c17-9-8-14-6-3-4-10-18(14)12-15-11-13-5-1-2-7-16(13)19-15/h1-2,5,7,14-15H,3-4,6,8-12H2. The van der Waals surface area contributed by atoms with E-state index < -0.39 is 0 Å². The van der Waals surface area contributed by atoms with Crippen LogP contribution in [0.5, 0.6) is 0 Å². The fourth-order valence-corrected chi connectivity index (χ4v) is 4.97. The van der Waals surface area contributed by atoms with Crippen molar-refractivity contribution < 1.29 is 0 Å². The van der Waals surface area contributed by atoms with Crippen LogP contribution in [0.1, 0.15) is 31.2 Å². The third kappa shape index (κ3) is 3.29. The molecule has 0 amide bonds. The molecule has 1 aromatic rings. The number of thioether (sulfide) groups is 1. The van der Waals surface area contributed by atoms with Crippen LogP contribution in [-0.2, 0) is 6.42 Å². The maximum Gasteiger partial charge on any atom is 0.0263 e. The quantitative estimate of drug-likeness (QED) is 0.766. The summed E-state index contributed by atoms with van der Waals surface area (Å²) in [6, 6.07) is 9.61. The maximum absolute atomic E-state index is 5.96. The Morgan fingerprint density at radius 3 is 3.00 bits per heavy atom. The molecular formula is C16H22ClNS. The summed E-state index contributed by atoms with van der Waals surface area (Å²) in [4.78, 5) is 4.20. The van der Waals surface area contributed by atoms with Crippen molar-refractivity contribution in [1.29, 1.82) is 0 Å². The lowest BCUT2D eigenvalue weighted by Crippen LogP contribution is -2.43. The van der Waals surface area contributed by atoms with Gasteiger partial charge in [-0.2, -0.15) is 0 Å². The third-order valence-corrected chi connectivity index (χ3v) is 5.86. The molecule has 2 heterocycles. The molecule has 1 saturated heterocycles. The highest BCUT2D eigenvalue weighted by atomic mass is 35.5. The van der Waals surface area contributed by atoms with E-state index in [0.29, 0.717) is 0 Å². The van der Waals surface area contributed by atoms with Crippen LogP contribution in [0.15, 0.2) is 29.2 Å². The highest BCUT2D eigenvalue weighted by Gasteiger charge is 2.28. The molecule has 104 valence electrons. The SMILES string of the molecule is ClCCC1CCCCN1CC1Cc2ccccc2S1. The molecule has 2 unspecified atom stereocenters. The maximum atomic E-state index is 5.96. The minimum atomic E-state index is 0.732. The second-order valence-electron chi connectivity index (χ2n) is 5.67. The summed E-state index contributed by atoms with van der Waals surface area (Å²) in [7, 11) is 0. The summed E-state index contributed by atoms with van der Waals surface area (Å²) in [5.41, 5.74) is 1.54. The van der Waals surface area contributed by atoms with Gasteiger partial charge in [-0.1, -0.05) is 24.6 Å². The fourth-order valence-electron chi connectivity index (χ4n) is 3.37. The molecule has 1 aromatic carbocycles. The zero-order chi connectivity index (χ0) is 13.1. The first-order valence-corrected chi connectivity index (χ1v) is 8.83. The van der Waals surface area contributed by atoms with Crippen LogP contribution in [-0.4, -0.2) is 35.2 Å². The Morgan fingerprint density at radius 2 is 2.16 bits per heavy atom. The van der Waals surface area contributed by atoms with Gasteiger partial charge < -0.3 is 0 Å². The number of likely N-dealkylation sites (tertiary alicyclic amines) is 1. The highest BCUT2D eigenvalue weighted by Crippen LogP contribution is 2.37. The van der Waals surface area contributed by atoms with E-state index in [1.54, 1.807) is 5.56 Å². The second kappa shape index (κ2) is 6.51. The molecule has 19 heavy (non-hydrogen) atoms. The molecule has 3 rings (SSSR count). The van der Waals surface area contributed by atoms with Crippen LogP contribution in [0.2, 0.25) is 0 Å². The van der Waals surface area contributed by atoms with Crippen molar-refractivity contribution in [1.82, 2.24) is 4.90 Å². The minimum absolute atomic E-state index is 0.732. The van der Waals surface area contributed by atoms with E-state index in [-0.39, 0.29) is 0 Å². The Kier molecular flexibility index (Phi) is 4.73. The van der Waals surface area contributed by atoms with Gasteiger partial charge in [0, 0.05) is 28.6 Å². The first-order valence-electron chi connectivity index (χ1n) is 7.41. The van der Waals surface area contributed by atoms with E-state index in [4.69, 9.17) is 11.6 Å². The van der Waals surface area contributed by atoms with Gasteiger partial charge in [0.1, 0.15) is 0 Å². The summed E-state index contributed by atoms with van der Waals surface area (Å²) < 4.78 is 0. The summed E-state index contributed by atoms with van der Waals surface area (Å²) in [6.07, 6.45) is 6.49. The van der Waals surface area contributed by atoms with Crippen molar-refractivity contribution in [3.63, 3.8) is 0 Å². The molecule has 0 spiro atoms. The highest BCUT2D eigenvalue weighted by molar-refractivity contribution is 8.00. The van der Waals surface area contributed by atoms with E-state index >= 15 is 0 Å². The Balaban J connectivity index is 1.60. The van der Waals surface area contributed by atoms with Crippen molar-refractivity contribution in [3.8, 4) is 0 Å². The summed E-state index contributed by atoms with van der Waals surface area (Å²) in [6.45, 7) is 2.51. The van der Waals surface area contributed by atoms with Gasteiger partial charge in [-0.3, -0.25) is 4.90 Å². The molecule has 0 radical (unpaired) electrons. The van der Waals surface area contributed by atoms with Crippen LogP contribution in [0, 0.1) is 0 Å². The lowest BCUT2D eigenvalue weighted by atomic mass is 9.99. The molecule has 0 saturated carbocycles. The van der Waals surface area contributed by atoms with E-state index in [9.17, 15) is 0 Å². The summed E-state index contributed by atoms with van der Waals surface area (Å²) >= 11 is 8.03. The van der Waals surface area contributed by atoms with Gasteiger partial charge >= 0.3 is 0 Å². The first kappa shape index (κ1) is 13.8. The number of rotatable bonds is 4. The third-order valence-electron chi connectivity index (χ3n) is 4.34. The molecule has 3 heteroatoms. The Labute approximate surface area is 125 Å². The fraction of sp³-hybridized carbons (Fsp3) is 0.625. The van der Waals surface area contributed by atoms with Crippen LogP contribution >= 0.6 is 23.4 Å². The Bertz CT molecular complexity index is 396. The van der Waals surface area contributed by atoms with E-state index in [1.807, 2.05) is 0 Å². The van der Waals surface area contributed by atoms with Crippen molar-refractivity contribution in [2.75, 3.05) is 19.0 Å². The van der Waals surface area contributed by atoms with Gasteiger partial charge in [-0.15, -0.1) is 23.4 Å². The minimum Gasteiger partial charge on any atom is -0.299 e. The van der Waals surface area contributed by atoms with Crippen LogP contribution in [0.4, 0.5) is 0 Å². The normalized spacial score (nSPS) is 27.4. The van der Waals surface area contributed by atoms with Crippen molar-refractivity contribution in [2.45, 2.75) is 48.3 Å². The monoisotopic (exact) mass is 295 g/mol. The van der Waals surface area contributed by atoms with Gasteiger partial charge in [0.15, 0.2) is 0 Å². The van der Waals surface area contributed by atoms with Crippen molar-refractivity contribution >= 4 is 23.4 Å². The van der Waals surface area contributed by atoms with E-state index in [1.165, 1.54) is 43.7 Å². The number of fused-ring (bicyclic) bond motifs is 1.